The third-order valence-electron chi connectivity index (χ3n) is 4.30. The summed E-state index contributed by atoms with van der Waals surface area (Å²) in [4.78, 5) is 46.2. The smallest absolute Gasteiger partial charge is 0.260 e. The van der Waals surface area contributed by atoms with E-state index in [1.54, 1.807) is 0 Å². The first kappa shape index (κ1) is 15.2. The molecule has 0 fully saturated rings. The standard InChI is InChI=1S/C18H14N4O3/c23-15-4-2-11-5-10(1-3-13(11)15)7-20-17(24)12-6-14-16(19-8-12)21-9-22-18(14)25/h1,3,5-6,8-9H,2,4,7H2,(H,20,24)(H,19,21,22,25). The Labute approximate surface area is 142 Å². The van der Waals surface area contributed by atoms with E-state index in [-0.39, 0.29) is 22.6 Å². The lowest BCUT2D eigenvalue weighted by Crippen LogP contribution is -2.23. The molecule has 0 saturated heterocycles. The summed E-state index contributed by atoms with van der Waals surface area (Å²) in [6, 6.07) is 7.09. The van der Waals surface area contributed by atoms with Crippen LogP contribution < -0.4 is 10.9 Å². The highest BCUT2D eigenvalue weighted by Crippen LogP contribution is 2.22. The lowest BCUT2D eigenvalue weighted by Gasteiger charge is -2.07. The van der Waals surface area contributed by atoms with E-state index in [0.29, 0.717) is 24.2 Å². The maximum Gasteiger partial charge on any atom is 0.260 e. The van der Waals surface area contributed by atoms with Crippen LogP contribution in [0.5, 0.6) is 0 Å². The Kier molecular flexibility index (Phi) is 3.61. The highest BCUT2D eigenvalue weighted by Gasteiger charge is 2.19. The van der Waals surface area contributed by atoms with Crippen LogP contribution in [-0.2, 0) is 13.0 Å². The van der Waals surface area contributed by atoms with Crippen molar-refractivity contribution in [1.82, 2.24) is 20.3 Å². The minimum absolute atomic E-state index is 0.173. The Bertz CT molecular complexity index is 1070. The van der Waals surface area contributed by atoms with Crippen LogP contribution in [-0.4, -0.2) is 26.6 Å². The van der Waals surface area contributed by atoms with Gasteiger partial charge < -0.3 is 10.3 Å². The van der Waals surface area contributed by atoms with Crippen molar-refractivity contribution in [3.63, 3.8) is 0 Å². The zero-order valence-corrected chi connectivity index (χ0v) is 13.2. The molecule has 2 aromatic heterocycles. The molecule has 1 aliphatic carbocycles. The summed E-state index contributed by atoms with van der Waals surface area (Å²) < 4.78 is 0. The van der Waals surface area contributed by atoms with Crippen molar-refractivity contribution in [3.8, 4) is 0 Å². The summed E-state index contributed by atoms with van der Waals surface area (Å²) >= 11 is 0. The maximum atomic E-state index is 12.3. The fourth-order valence-corrected chi connectivity index (χ4v) is 2.98. The van der Waals surface area contributed by atoms with Crippen LogP contribution in [0.3, 0.4) is 0 Å². The molecular weight excluding hydrogens is 320 g/mol. The van der Waals surface area contributed by atoms with Gasteiger partial charge >= 0.3 is 0 Å². The molecule has 7 heteroatoms. The van der Waals surface area contributed by atoms with E-state index in [4.69, 9.17) is 0 Å². The molecule has 7 nitrogen and oxygen atoms in total. The third kappa shape index (κ3) is 2.80. The number of carbonyl (C=O) groups is 2. The second kappa shape index (κ2) is 5.94. The van der Waals surface area contributed by atoms with Crippen molar-refractivity contribution in [3.05, 3.63) is 69.4 Å². The van der Waals surface area contributed by atoms with Gasteiger partial charge in [-0.1, -0.05) is 18.2 Å². The molecule has 2 N–H and O–H groups in total. The minimum atomic E-state index is -0.338. The molecule has 124 valence electrons. The molecule has 1 aromatic carbocycles. The topological polar surface area (TPSA) is 105 Å². The lowest BCUT2D eigenvalue weighted by molar-refractivity contribution is 0.0949. The maximum absolute atomic E-state index is 12.3. The van der Waals surface area contributed by atoms with E-state index >= 15 is 0 Å². The Morgan fingerprint density at radius 1 is 1.16 bits per heavy atom. The zero-order valence-electron chi connectivity index (χ0n) is 13.2. The Morgan fingerprint density at radius 2 is 2.04 bits per heavy atom. The minimum Gasteiger partial charge on any atom is -0.348 e. The van der Waals surface area contributed by atoms with E-state index in [9.17, 15) is 14.4 Å². The first-order valence-electron chi connectivity index (χ1n) is 7.88. The summed E-state index contributed by atoms with van der Waals surface area (Å²) in [5.74, 6) is -0.152. The van der Waals surface area contributed by atoms with Gasteiger partial charge in [-0.15, -0.1) is 0 Å². The molecule has 1 amide bonds. The number of Topliss-reactive ketones (excluding diaryl/α,β-unsaturated/α-hetero) is 1. The van der Waals surface area contributed by atoms with Crippen molar-refractivity contribution in [2.24, 2.45) is 0 Å². The van der Waals surface area contributed by atoms with Gasteiger partial charge in [-0.2, -0.15) is 0 Å². The number of aryl methyl sites for hydroxylation is 1. The third-order valence-corrected chi connectivity index (χ3v) is 4.30. The number of benzene rings is 1. The number of hydrogen-bond acceptors (Lipinski definition) is 5. The van der Waals surface area contributed by atoms with Gasteiger partial charge in [-0.3, -0.25) is 14.4 Å². The summed E-state index contributed by atoms with van der Waals surface area (Å²) in [5, 5.41) is 3.07. The number of amides is 1. The van der Waals surface area contributed by atoms with Gasteiger partial charge in [0.15, 0.2) is 11.4 Å². The number of hydrogen-bond donors (Lipinski definition) is 2. The molecule has 0 aliphatic heterocycles. The van der Waals surface area contributed by atoms with E-state index < -0.39 is 0 Å². The number of H-pyrrole nitrogens is 1. The van der Waals surface area contributed by atoms with Crippen molar-refractivity contribution in [2.75, 3.05) is 0 Å². The second-order valence-electron chi connectivity index (χ2n) is 5.92. The molecule has 0 bridgehead atoms. The van der Waals surface area contributed by atoms with Crippen LogP contribution in [0.4, 0.5) is 0 Å². The Balaban J connectivity index is 1.52. The number of nitrogens with zero attached hydrogens (tertiary/aromatic N) is 2. The van der Waals surface area contributed by atoms with Crippen LogP contribution in [0.15, 0.2) is 41.6 Å². The number of rotatable bonds is 3. The van der Waals surface area contributed by atoms with Crippen LogP contribution >= 0.6 is 0 Å². The molecule has 0 radical (unpaired) electrons. The Morgan fingerprint density at radius 3 is 2.92 bits per heavy atom. The highest BCUT2D eigenvalue weighted by atomic mass is 16.2. The summed E-state index contributed by atoms with van der Waals surface area (Å²) in [6.07, 6.45) is 3.97. The average molecular weight is 334 g/mol. The Hall–Kier alpha value is -3.35. The molecule has 0 atom stereocenters. The van der Waals surface area contributed by atoms with E-state index in [2.05, 4.69) is 20.3 Å². The molecule has 0 unspecified atom stereocenters. The SMILES string of the molecule is O=C(NCc1ccc2c(c1)CCC2=O)c1cnc2nc[nH]c(=O)c2c1. The monoisotopic (exact) mass is 334 g/mol. The number of fused-ring (bicyclic) bond motifs is 2. The second-order valence-corrected chi connectivity index (χ2v) is 5.92. The normalized spacial score (nSPS) is 13.0. The number of nitrogens with one attached hydrogen (secondary N) is 2. The number of aromatic amines is 1. The predicted molar refractivity (Wildman–Crippen MR) is 90.4 cm³/mol. The summed E-state index contributed by atoms with van der Waals surface area (Å²) in [5.41, 5.74) is 2.98. The first-order chi connectivity index (χ1) is 12.1. The molecule has 0 spiro atoms. The lowest BCUT2D eigenvalue weighted by atomic mass is 10.1. The van der Waals surface area contributed by atoms with E-state index in [1.807, 2.05) is 18.2 Å². The fraction of sp³-hybridized carbons (Fsp3) is 0.167. The van der Waals surface area contributed by atoms with Crippen molar-refractivity contribution < 1.29 is 9.59 Å². The number of ketones is 1. The van der Waals surface area contributed by atoms with Gasteiger partial charge in [-0.05, 0) is 23.6 Å². The van der Waals surface area contributed by atoms with Crippen molar-refractivity contribution in [2.45, 2.75) is 19.4 Å². The first-order valence-corrected chi connectivity index (χ1v) is 7.88. The molecule has 2 heterocycles. The van der Waals surface area contributed by atoms with Crippen molar-refractivity contribution in [1.29, 1.82) is 0 Å². The molecule has 1 aliphatic rings. The van der Waals surface area contributed by atoms with Gasteiger partial charge in [0.1, 0.15) is 0 Å². The van der Waals surface area contributed by atoms with Crippen LogP contribution in [0.1, 0.15) is 38.3 Å². The van der Waals surface area contributed by atoms with E-state index in [0.717, 1.165) is 23.1 Å². The van der Waals surface area contributed by atoms with Gasteiger partial charge in [0, 0.05) is 24.7 Å². The van der Waals surface area contributed by atoms with Gasteiger partial charge in [0.25, 0.3) is 11.5 Å². The van der Waals surface area contributed by atoms with Crippen molar-refractivity contribution >= 4 is 22.7 Å². The largest absolute Gasteiger partial charge is 0.348 e. The summed E-state index contributed by atoms with van der Waals surface area (Å²) in [7, 11) is 0. The number of carbonyl (C=O) groups excluding carboxylic acids is 2. The van der Waals surface area contributed by atoms with Crippen LogP contribution in [0.25, 0.3) is 11.0 Å². The molecule has 4 rings (SSSR count). The quantitative estimate of drug-likeness (QED) is 0.753. The molecule has 0 saturated carbocycles. The van der Waals surface area contributed by atoms with Gasteiger partial charge in [0.2, 0.25) is 0 Å². The predicted octanol–water partition coefficient (Wildman–Crippen LogP) is 1.38. The fourth-order valence-electron chi connectivity index (χ4n) is 2.98. The zero-order chi connectivity index (χ0) is 17.4. The molecular formula is C18H14N4O3. The highest BCUT2D eigenvalue weighted by molar-refractivity contribution is 6.00. The number of aromatic nitrogens is 3. The molecule has 25 heavy (non-hydrogen) atoms. The van der Waals surface area contributed by atoms with Crippen LogP contribution in [0, 0.1) is 0 Å². The summed E-state index contributed by atoms with van der Waals surface area (Å²) in [6.45, 7) is 0.335. The van der Waals surface area contributed by atoms with Gasteiger partial charge in [0.05, 0.1) is 17.3 Å². The average Bonchev–Trinajstić information content (AvgIpc) is 3.00. The van der Waals surface area contributed by atoms with Crippen LogP contribution in [0.2, 0.25) is 0 Å². The van der Waals surface area contributed by atoms with E-state index in [1.165, 1.54) is 18.6 Å². The molecule has 3 aromatic rings. The number of pyridine rings is 1. The van der Waals surface area contributed by atoms with Gasteiger partial charge in [-0.25, -0.2) is 9.97 Å².